The summed E-state index contributed by atoms with van der Waals surface area (Å²) in [7, 11) is 0. The van der Waals surface area contributed by atoms with Crippen LogP contribution in [0.15, 0.2) is 54.6 Å². The van der Waals surface area contributed by atoms with Crippen LogP contribution in [0.25, 0.3) is 0 Å². The van der Waals surface area contributed by atoms with Crippen molar-refractivity contribution in [2.45, 2.75) is 10.5 Å². The van der Waals surface area contributed by atoms with E-state index in [9.17, 15) is 4.79 Å². The van der Waals surface area contributed by atoms with Gasteiger partial charge in [-0.15, -0.1) is 0 Å². The number of amides is 1. The Kier molecular flexibility index (Phi) is 3.09. The van der Waals surface area contributed by atoms with Crippen molar-refractivity contribution in [1.82, 2.24) is 0 Å². The number of benzene rings is 2. The van der Waals surface area contributed by atoms with Gasteiger partial charge in [0.1, 0.15) is 0 Å². The van der Waals surface area contributed by atoms with E-state index in [2.05, 4.69) is 17.9 Å². The van der Waals surface area contributed by atoms with E-state index in [-0.39, 0.29) is 30.7 Å². The molecule has 2 aromatic rings. The van der Waals surface area contributed by atoms with Gasteiger partial charge < -0.3 is 0 Å². The van der Waals surface area contributed by atoms with Crippen LogP contribution in [0.3, 0.4) is 0 Å². The number of alkyl halides is 2. The zero-order valence-corrected chi connectivity index (χ0v) is 13.1. The number of para-hydroxylation sites is 1. The molecule has 0 bridgehead atoms. The average molecular weight is 364 g/mol. The summed E-state index contributed by atoms with van der Waals surface area (Å²) in [5.74, 6) is 0.130. The Morgan fingerprint density at radius 2 is 1.63 bits per heavy atom. The molecule has 98 valence electrons. The van der Waals surface area contributed by atoms with Gasteiger partial charge in [0, 0.05) is 0 Å². The van der Waals surface area contributed by atoms with Crippen molar-refractivity contribution >= 4 is 11.6 Å². The zero-order valence-electron chi connectivity index (χ0n) is 10.9. The fourth-order valence-electron chi connectivity index (χ4n) is 2.62. The molecule has 1 aliphatic rings. The van der Waals surface area contributed by atoms with Gasteiger partial charge >= 0.3 is 124 Å². The van der Waals surface area contributed by atoms with Crippen LogP contribution < -0.4 is 26.1 Å². The predicted molar refractivity (Wildman–Crippen MR) is 73.0 cm³/mol. The first-order valence-corrected chi connectivity index (χ1v) is 9.42. The molecule has 3 heteroatoms. The molecule has 2 aromatic carbocycles. The molecule has 2 nitrogen and oxygen atoms in total. The second kappa shape index (κ2) is 4.63. The number of hydrogen-bond acceptors (Lipinski definition) is 1. The van der Waals surface area contributed by atoms with Gasteiger partial charge in [0.25, 0.3) is 0 Å². The first-order valence-electron chi connectivity index (χ1n) is 6.18. The van der Waals surface area contributed by atoms with Crippen molar-refractivity contribution in [3.8, 4) is 0 Å². The minimum absolute atomic E-state index is 0.130. The Morgan fingerprint density at radius 1 is 1.00 bits per heavy atom. The second-order valence-electron chi connectivity index (χ2n) is 4.66. The van der Waals surface area contributed by atoms with Gasteiger partial charge in [0.05, 0.1) is 0 Å². The summed E-state index contributed by atoms with van der Waals surface area (Å²) in [4.78, 5) is 16.9. The summed E-state index contributed by atoms with van der Waals surface area (Å²) in [5, 5.41) is 0. The zero-order chi connectivity index (χ0) is 13.5. The number of nitrogens with zero attached hydrogens (tertiary/aromatic N) is 1. The molecule has 1 aliphatic heterocycles. The maximum absolute atomic E-state index is 12.7. The van der Waals surface area contributed by atoms with Gasteiger partial charge in [0.15, 0.2) is 0 Å². The fraction of sp³-hybridized carbons (Fsp3) is 0.188. The van der Waals surface area contributed by atoms with Gasteiger partial charge in [-0.3, -0.25) is 0 Å². The monoisotopic (exact) mass is 364 g/mol. The van der Waals surface area contributed by atoms with E-state index >= 15 is 0 Å². The number of anilines is 1. The summed E-state index contributed by atoms with van der Waals surface area (Å²) in [5.41, 5.74) is 3.03. The van der Waals surface area contributed by atoms with Crippen LogP contribution in [0.4, 0.5) is 5.69 Å². The summed E-state index contributed by atoms with van der Waals surface area (Å²) in [6.45, 7) is 2.19. The van der Waals surface area contributed by atoms with E-state index in [4.69, 9.17) is 0 Å². The number of rotatable bonds is 2. The van der Waals surface area contributed by atoms with Crippen molar-refractivity contribution in [1.29, 1.82) is 0 Å². The van der Waals surface area contributed by atoms with Gasteiger partial charge in [-0.2, -0.15) is 0 Å². The van der Waals surface area contributed by atoms with Crippen molar-refractivity contribution in [3.63, 3.8) is 0 Å². The molecule has 1 amide bonds. The van der Waals surface area contributed by atoms with Crippen molar-refractivity contribution < 1.29 is 26.0 Å². The van der Waals surface area contributed by atoms with Gasteiger partial charge in [-0.1, -0.05) is 0 Å². The SMILES string of the molecule is C[I-][C@@]1(C)c2ccccc2C(=O)N1c1ccccc1. The minimum atomic E-state index is -0.157. The van der Waals surface area contributed by atoms with E-state index in [0.717, 1.165) is 11.3 Å². The van der Waals surface area contributed by atoms with Gasteiger partial charge in [-0.05, 0) is 0 Å². The van der Waals surface area contributed by atoms with E-state index in [1.807, 2.05) is 53.4 Å². The van der Waals surface area contributed by atoms with E-state index in [0.29, 0.717) is 0 Å². The van der Waals surface area contributed by atoms with Crippen LogP contribution in [0.1, 0.15) is 22.8 Å². The summed E-state index contributed by atoms with van der Waals surface area (Å²) in [6.07, 6.45) is 0. The van der Waals surface area contributed by atoms with Crippen molar-refractivity contribution in [2.24, 2.45) is 0 Å². The molecular weight excluding hydrogens is 349 g/mol. The predicted octanol–water partition coefficient (Wildman–Crippen LogP) is 0.239. The van der Waals surface area contributed by atoms with Crippen LogP contribution in [0.2, 0.25) is 0 Å². The average Bonchev–Trinajstić information content (AvgIpc) is 2.70. The molecule has 0 fully saturated rings. The molecule has 0 spiro atoms. The third-order valence-electron chi connectivity index (χ3n) is 3.65. The van der Waals surface area contributed by atoms with Crippen molar-refractivity contribution in [2.75, 3.05) is 9.83 Å². The van der Waals surface area contributed by atoms with Crippen LogP contribution in [-0.4, -0.2) is 10.8 Å². The van der Waals surface area contributed by atoms with E-state index < -0.39 is 0 Å². The summed E-state index contributed by atoms with van der Waals surface area (Å²) >= 11 is -0.157. The Labute approximate surface area is 123 Å². The molecule has 0 unspecified atom stereocenters. The third-order valence-corrected chi connectivity index (χ3v) is 6.82. The van der Waals surface area contributed by atoms with Crippen LogP contribution >= 0.6 is 0 Å². The normalized spacial score (nSPS) is 21.8. The molecule has 0 aromatic heterocycles. The van der Waals surface area contributed by atoms with Crippen LogP contribution in [0, 0.1) is 0 Å². The summed E-state index contributed by atoms with van der Waals surface area (Å²) < 4.78 is -0.145. The first-order chi connectivity index (χ1) is 9.18. The number of carbonyl (C=O) groups is 1. The molecule has 3 rings (SSSR count). The number of halogens is 1. The molecule has 0 N–H and O–H groups in total. The van der Waals surface area contributed by atoms with E-state index in [1.165, 1.54) is 5.56 Å². The molecule has 1 atom stereocenters. The molecule has 1 heterocycles. The summed E-state index contributed by atoms with van der Waals surface area (Å²) in [6, 6.07) is 18.0. The van der Waals surface area contributed by atoms with Crippen LogP contribution in [0.5, 0.6) is 0 Å². The Balaban J connectivity index is 2.20. The topological polar surface area (TPSA) is 20.3 Å². The van der Waals surface area contributed by atoms with E-state index in [1.54, 1.807) is 0 Å². The molecule has 19 heavy (non-hydrogen) atoms. The second-order valence-corrected chi connectivity index (χ2v) is 7.84. The molecule has 0 aliphatic carbocycles. The maximum atomic E-state index is 12.7. The van der Waals surface area contributed by atoms with Gasteiger partial charge in [-0.25, -0.2) is 0 Å². The molecule has 0 radical (unpaired) electrons. The van der Waals surface area contributed by atoms with Crippen LogP contribution in [-0.2, 0) is 3.55 Å². The van der Waals surface area contributed by atoms with Gasteiger partial charge in [0.2, 0.25) is 0 Å². The molecular formula is C16H15INO-. The Morgan fingerprint density at radius 3 is 2.32 bits per heavy atom. The fourth-order valence-corrected chi connectivity index (χ4v) is 4.65. The molecule has 0 saturated heterocycles. The Bertz CT molecular complexity index is 626. The molecule has 0 saturated carbocycles. The quantitative estimate of drug-likeness (QED) is 0.425. The number of hydrogen-bond donors (Lipinski definition) is 0. The number of carbonyl (C=O) groups excluding carboxylic acids is 1. The standard InChI is InChI=1S/C16H15INO/c1-16(17-2)14-11-7-6-10-13(14)15(19)18(16)12-8-4-3-5-9-12/h3-11H,1-2H3/q-1/t16-/m1/s1. The van der Waals surface area contributed by atoms with Crippen molar-refractivity contribution in [3.05, 3.63) is 65.7 Å². The third kappa shape index (κ3) is 1.79. The Hall–Kier alpha value is -1.36. The number of fused-ring (bicyclic) bond motifs is 1. The first kappa shape index (κ1) is 12.7.